The van der Waals surface area contributed by atoms with Crippen molar-refractivity contribution in [2.24, 2.45) is 0 Å². The maximum Gasteiger partial charge on any atom is 0.323 e. The maximum atomic E-state index is 14.5. The van der Waals surface area contributed by atoms with Crippen LogP contribution < -0.4 is 10.2 Å². The first-order valence-electron chi connectivity index (χ1n) is 12.5. The number of hydrogen-bond acceptors (Lipinski definition) is 3. The zero-order valence-corrected chi connectivity index (χ0v) is 21.6. The van der Waals surface area contributed by atoms with Gasteiger partial charge in [0.15, 0.2) is 0 Å². The molecular weight excluding hydrogens is 490 g/mol. The highest BCUT2D eigenvalue weighted by atomic mass is 32.1. The summed E-state index contributed by atoms with van der Waals surface area (Å²) in [5.41, 5.74) is 5.29. The van der Waals surface area contributed by atoms with E-state index >= 15 is 0 Å². The fourth-order valence-electron chi connectivity index (χ4n) is 5.47. The third kappa shape index (κ3) is 4.19. The van der Waals surface area contributed by atoms with Gasteiger partial charge < -0.3 is 19.7 Å². The van der Waals surface area contributed by atoms with E-state index in [2.05, 4.69) is 16.1 Å². The molecule has 0 fully saturated rings. The minimum Gasteiger partial charge on any atom is -0.378 e. The number of rotatable bonds is 3. The molecule has 2 aromatic heterocycles. The molecule has 0 saturated carbocycles. The Morgan fingerprint density at radius 1 is 1.03 bits per heavy atom. The predicted octanol–water partition coefficient (Wildman–Crippen LogP) is 6.90. The van der Waals surface area contributed by atoms with Gasteiger partial charge in [-0.2, -0.15) is 0 Å². The number of anilines is 2. The lowest BCUT2D eigenvalue weighted by Gasteiger charge is -2.31. The zero-order chi connectivity index (χ0) is 25.7. The van der Waals surface area contributed by atoms with Crippen LogP contribution in [0.5, 0.6) is 0 Å². The Kier molecular flexibility index (Phi) is 5.99. The number of aryl methyl sites for hydroxylation is 1. The molecular formula is C29H28F2N4OS. The van der Waals surface area contributed by atoms with Crippen LogP contribution in [-0.2, 0) is 19.4 Å². The molecule has 8 heteroatoms. The summed E-state index contributed by atoms with van der Waals surface area (Å²) in [7, 11) is 3.97. The molecule has 1 atom stereocenters. The van der Waals surface area contributed by atoms with E-state index < -0.39 is 23.7 Å². The molecule has 1 aliphatic heterocycles. The Bertz CT molecular complexity index is 1470. The second-order valence-corrected chi connectivity index (χ2v) is 11.0. The van der Waals surface area contributed by atoms with Gasteiger partial charge in [-0.25, -0.2) is 13.6 Å². The summed E-state index contributed by atoms with van der Waals surface area (Å²) in [6.45, 7) is 0.381. The molecule has 2 aliphatic rings. The number of carbonyl (C=O) groups excluding carboxylic acids is 1. The molecule has 2 amide bonds. The number of nitrogens with one attached hydrogen (secondary N) is 1. The van der Waals surface area contributed by atoms with Crippen LogP contribution in [0.1, 0.15) is 46.1 Å². The number of thiophene rings is 1. The summed E-state index contributed by atoms with van der Waals surface area (Å²) in [4.78, 5) is 19.1. The van der Waals surface area contributed by atoms with E-state index in [9.17, 15) is 13.6 Å². The monoisotopic (exact) mass is 518 g/mol. The van der Waals surface area contributed by atoms with Crippen molar-refractivity contribution >= 4 is 28.7 Å². The van der Waals surface area contributed by atoms with Crippen LogP contribution in [0.25, 0.3) is 5.00 Å². The minimum atomic E-state index is -0.673. The quantitative estimate of drug-likeness (QED) is 0.321. The lowest BCUT2D eigenvalue weighted by Crippen LogP contribution is -2.38. The number of halogens is 2. The standard InChI is InChI=1S/C29H28F2N4OS/c1-33(2)20-12-9-18(10-13-20)27-25-7-5-15-34(25)28-22(21-6-3-4-8-26(21)37-28)17-35(27)29(36)32-24-16-19(30)11-14-23(24)31/h5,7,9-16,27H,3-4,6,8,17H2,1-2H3,(H,32,36)/t27-/m1/s1. The zero-order valence-electron chi connectivity index (χ0n) is 20.8. The molecule has 6 rings (SSSR count). The van der Waals surface area contributed by atoms with Crippen LogP contribution >= 0.6 is 11.3 Å². The number of hydrogen-bond donors (Lipinski definition) is 1. The van der Waals surface area contributed by atoms with Crippen LogP contribution in [0.15, 0.2) is 60.8 Å². The summed E-state index contributed by atoms with van der Waals surface area (Å²) < 4.78 is 30.6. The first-order chi connectivity index (χ1) is 17.9. The van der Waals surface area contributed by atoms with Crippen LogP contribution in [0.4, 0.5) is 25.0 Å². The SMILES string of the molecule is CN(C)c1ccc([C@@H]2c3cccn3-c3sc4c(c3CN2C(=O)Nc2cc(F)ccc2F)CCCC4)cc1. The van der Waals surface area contributed by atoms with Crippen molar-refractivity contribution in [3.05, 3.63) is 99.7 Å². The normalized spacial score (nSPS) is 16.4. The van der Waals surface area contributed by atoms with E-state index in [0.717, 1.165) is 65.0 Å². The number of amides is 2. The van der Waals surface area contributed by atoms with Gasteiger partial charge in [0, 0.05) is 42.5 Å². The van der Waals surface area contributed by atoms with E-state index in [4.69, 9.17) is 0 Å². The Morgan fingerprint density at radius 3 is 2.59 bits per heavy atom. The summed E-state index contributed by atoms with van der Waals surface area (Å²) in [6, 6.07) is 14.4. The lowest BCUT2D eigenvalue weighted by atomic mass is 9.95. The lowest BCUT2D eigenvalue weighted by molar-refractivity contribution is 0.194. The van der Waals surface area contributed by atoms with Crippen LogP contribution in [-0.4, -0.2) is 29.6 Å². The fraction of sp³-hybridized carbons (Fsp3) is 0.276. The third-order valence-electron chi connectivity index (χ3n) is 7.33. The molecule has 37 heavy (non-hydrogen) atoms. The van der Waals surface area contributed by atoms with E-state index in [1.807, 2.05) is 66.7 Å². The van der Waals surface area contributed by atoms with Crippen molar-refractivity contribution in [1.82, 2.24) is 9.47 Å². The molecule has 5 nitrogen and oxygen atoms in total. The molecule has 1 N–H and O–H groups in total. The van der Waals surface area contributed by atoms with Gasteiger partial charge in [-0.15, -0.1) is 11.3 Å². The van der Waals surface area contributed by atoms with Crippen molar-refractivity contribution in [3.63, 3.8) is 0 Å². The molecule has 0 radical (unpaired) electrons. The van der Waals surface area contributed by atoms with Crippen LogP contribution in [0.2, 0.25) is 0 Å². The number of nitrogens with zero attached hydrogens (tertiary/aromatic N) is 3. The molecule has 1 aliphatic carbocycles. The Morgan fingerprint density at radius 2 is 1.81 bits per heavy atom. The topological polar surface area (TPSA) is 40.5 Å². The molecule has 4 aromatic rings. The molecule has 2 aromatic carbocycles. The first kappa shape index (κ1) is 23.7. The summed E-state index contributed by atoms with van der Waals surface area (Å²) in [5.74, 6) is -1.28. The number of carbonyl (C=O) groups is 1. The minimum absolute atomic E-state index is 0.168. The Hall–Kier alpha value is -3.65. The van der Waals surface area contributed by atoms with Crippen molar-refractivity contribution in [2.45, 2.75) is 38.3 Å². The van der Waals surface area contributed by atoms with Crippen molar-refractivity contribution in [1.29, 1.82) is 0 Å². The van der Waals surface area contributed by atoms with Gasteiger partial charge in [0.1, 0.15) is 16.6 Å². The molecule has 3 heterocycles. The number of aromatic nitrogens is 1. The number of benzene rings is 2. The van der Waals surface area contributed by atoms with E-state index in [-0.39, 0.29) is 5.69 Å². The fourth-order valence-corrected chi connectivity index (χ4v) is 6.88. The Balaban J connectivity index is 1.49. The smallest absolute Gasteiger partial charge is 0.323 e. The van der Waals surface area contributed by atoms with Gasteiger partial charge in [-0.1, -0.05) is 12.1 Å². The molecule has 0 unspecified atom stereocenters. The molecule has 0 bridgehead atoms. The van der Waals surface area contributed by atoms with E-state index in [1.165, 1.54) is 16.9 Å². The second-order valence-electron chi connectivity index (χ2n) is 9.87. The van der Waals surface area contributed by atoms with Gasteiger partial charge in [0.2, 0.25) is 0 Å². The van der Waals surface area contributed by atoms with Crippen molar-refractivity contribution in [3.8, 4) is 5.00 Å². The Labute approximate surface area is 218 Å². The third-order valence-corrected chi connectivity index (χ3v) is 8.67. The van der Waals surface area contributed by atoms with Crippen molar-refractivity contribution < 1.29 is 13.6 Å². The van der Waals surface area contributed by atoms with Crippen LogP contribution in [0.3, 0.4) is 0 Å². The van der Waals surface area contributed by atoms with Gasteiger partial charge >= 0.3 is 6.03 Å². The van der Waals surface area contributed by atoms with Crippen molar-refractivity contribution in [2.75, 3.05) is 24.3 Å². The first-order valence-corrected chi connectivity index (χ1v) is 13.3. The van der Waals surface area contributed by atoms with E-state index in [0.29, 0.717) is 6.54 Å². The average molecular weight is 519 g/mol. The second kappa shape index (κ2) is 9.34. The summed E-state index contributed by atoms with van der Waals surface area (Å²) in [5, 5.41) is 3.81. The molecule has 0 spiro atoms. The van der Waals surface area contributed by atoms with Gasteiger partial charge in [-0.05, 0) is 73.2 Å². The average Bonchev–Trinajstić information content (AvgIpc) is 3.48. The highest BCUT2D eigenvalue weighted by Crippen LogP contribution is 2.44. The number of fused-ring (bicyclic) bond motifs is 5. The van der Waals surface area contributed by atoms with Gasteiger partial charge in [0.05, 0.1) is 24.0 Å². The molecule has 0 saturated heterocycles. The predicted molar refractivity (Wildman–Crippen MR) is 144 cm³/mol. The van der Waals surface area contributed by atoms with Gasteiger partial charge in [-0.3, -0.25) is 0 Å². The number of urea groups is 1. The summed E-state index contributed by atoms with van der Waals surface area (Å²) in [6.07, 6.45) is 6.41. The summed E-state index contributed by atoms with van der Waals surface area (Å²) >= 11 is 1.81. The highest BCUT2D eigenvalue weighted by Gasteiger charge is 2.36. The maximum absolute atomic E-state index is 14.5. The van der Waals surface area contributed by atoms with E-state index in [1.54, 1.807) is 4.90 Å². The highest BCUT2D eigenvalue weighted by molar-refractivity contribution is 7.15. The van der Waals surface area contributed by atoms with Crippen LogP contribution in [0, 0.1) is 11.6 Å². The largest absolute Gasteiger partial charge is 0.378 e. The molecule has 190 valence electrons. The van der Waals surface area contributed by atoms with Gasteiger partial charge in [0.25, 0.3) is 0 Å².